The zero-order chi connectivity index (χ0) is 11.5. The second-order valence-electron chi connectivity index (χ2n) is 3.04. The van der Waals surface area contributed by atoms with Gasteiger partial charge in [-0.25, -0.2) is 0 Å². The summed E-state index contributed by atoms with van der Waals surface area (Å²) < 4.78 is 0. The van der Waals surface area contributed by atoms with Crippen molar-refractivity contribution in [3.05, 3.63) is 35.1 Å². The number of hydrogen-bond acceptors (Lipinski definition) is 4. The van der Waals surface area contributed by atoms with Crippen LogP contribution in [0.25, 0.3) is 5.69 Å². The predicted octanol–water partition coefficient (Wildman–Crippen LogP) is 0.943. The number of tetrazole rings is 1. The summed E-state index contributed by atoms with van der Waals surface area (Å²) in [6, 6.07) is 6.82. The fourth-order valence-corrected chi connectivity index (χ4v) is 1.26. The van der Waals surface area contributed by atoms with Crippen molar-refractivity contribution < 1.29 is 9.90 Å². The van der Waals surface area contributed by atoms with Crippen LogP contribution in [0.15, 0.2) is 24.3 Å². The lowest BCUT2D eigenvalue weighted by Gasteiger charge is -1.96. The van der Waals surface area contributed by atoms with Crippen molar-refractivity contribution in [1.82, 2.24) is 20.2 Å². The van der Waals surface area contributed by atoms with Crippen LogP contribution >= 0.6 is 11.6 Å². The molecule has 0 aliphatic carbocycles. The van der Waals surface area contributed by atoms with Gasteiger partial charge in [-0.15, -0.1) is 15.0 Å². The van der Waals surface area contributed by atoms with Gasteiger partial charge < -0.3 is 5.11 Å². The number of halogens is 1. The molecular formula is C9H7ClN4O2. The molecule has 7 heteroatoms. The van der Waals surface area contributed by atoms with E-state index in [-0.39, 0.29) is 12.2 Å². The number of carboxylic acids is 1. The first-order valence-corrected chi connectivity index (χ1v) is 4.79. The minimum Gasteiger partial charge on any atom is -0.481 e. The monoisotopic (exact) mass is 238 g/mol. The smallest absolute Gasteiger partial charge is 0.311 e. The van der Waals surface area contributed by atoms with Crippen molar-refractivity contribution in [1.29, 1.82) is 0 Å². The van der Waals surface area contributed by atoms with E-state index in [9.17, 15) is 4.79 Å². The number of aliphatic carboxylic acids is 1. The molecule has 0 atom stereocenters. The van der Waals surface area contributed by atoms with Gasteiger partial charge in [-0.3, -0.25) is 4.79 Å². The van der Waals surface area contributed by atoms with Crippen molar-refractivity contribution >= 4 is 17.6 Å². The lowest BCUT2D eigenvalue weighted by molar-refractivity contribution is -0.136. The lowest BCUT2D eigenvalue weighted by Crippen LogP contribution is -2.03. The number of carbonyl (C=O) groups is 1. The van der Waals surface area contributed by atoms with Crippen molar-refractivity contribution in [2.75, 3.05) is 0 Å². The minimum absolute atomic E-state index is 0.169. The summed E-state index contributed by atoms with van der Waals surface area (Å²) in [7, 11) is 0. The SMILES string of the molecule is O=C(O)Cc1nnn(-c2ccc(Cl)cc2)n1. The maximum atomic E-state index is 10.4. The first-order chi connectivity index (χ1) is 7.65. The van der Waals surface area contributed by atoms with E-state index < -0.39 is 5.97 Å². The summed E-state index contributed by atoms with van der Waals surface area (Å²) in [5.41, 5.74) is 0.675. The van der Waals surface area contributed by atoms with E-state index in [1.807, 2.05) is 0 Å². The minimum atomic E-state index is -0.990. The quantitative estimate of drug-likeness (QED) is 0.861. The van der Waals surface area contributed by atoms with Gasteiger partial charge in [0.2, 0.25) is 0 Å². The first kappa shape index (κ1) is 10.6. The van der Waals surface area contributed by atoms with Crippen LogP contribution in [0.3, 0.4) is 0 Å². The molecule has 0 saturated heterocycles. The van der Waals surface area contributed by atoms with Gasteiger partial charge in [-0.05, 0) is 29.5 Å². The average Bonchev–Trinajstić information content (AvgIpc) is 2.66. The van der Waals surface area contributed by atoms with E-state index in [1.54, 1.807) is 24.3 Å². The van der Waals surface area contributed by atoms with Gasteiger partial charge in [-0.2, -0.15) is 0 Å². The molecule has 0 aliphatic heterocycles. The standard InChI is InChI=1S/C9H7ClN4O2/c10-6-1-3-7(4-2-6)14-12-8(11-13-14)5-9(15)16/h1-4H,5H2,(H,15,16). The Morgan fingerprint density at radius 1 is 1.38 bits per heavy atom. The third-order valence-corrected chi connectivity index (χ3v) is 2.07. The summed E-state index contributed by atoms with van der Waals surface area (Å²) >= 11 is 5.73. The molecule has 0 spiro atoms. The second kappa shape index (κ2) is 4.28. The molecule has 16 heavy (non-hydrogen) atoms. The topological polar surface area (TPSA) is 80.9 Å². The van der Waals surface area contributed by atoms with Gasteiger partial charge in [0.15, 0.2) is 5.82 Å². The third kappa shape index (κ3) is 2.34. The van der Waals surface area contributed by atoms with E-state index in [4.69, 9.17) is 16.7 Å². The molecule has 0 amide bonds. The van der Waals surface area contributed by atoms with Crippen LogP contribution in [0.5, 0.6) is 0 Å². The molecule has 0 radical (unpaired) electrons. The number of hydrogen-bond donors (Lipinski definition) is 1. The number of carboxylic acid groups (broad SMARTS) is 1. The van der Waals surface area contributed by atoms with Crippen molar-refractivity contribution in [2.45, 2.75) is 6.42 Å². The number of aromatic nitrogens is 4. The van der Waals surface area contributed by atoms with Crippen LogP contribution in [0.4, 0.5) is 0 Å². The largest absolute Gasteiger partial charge is 0.481 e. The Morgan fingerprint density at radius 2 is 2.06 bits per heavy atom. The lowest BCUT2D eigenvalue weighted by atomic mass is 10.3. The molecule has 0 bridgehead atoms. The van der Waals surface area contributed by atoms with Gasteiger partial charge in [-0.1, -0.05) is 11.6 Å². The molecule has 2 rings (SSSR count). The molecule has 0 unspecified atom stereocenters. The average molecular weight is 239 g/mol. The highest BCUT2D eigenvalue weighted by Crippen LogP contribution is 2.11. The van der Waals surface area contributed by atoms with Gasteiger partial charge in [0.1, 0.15) is 6.42 Å². The number of nitrogens with zero attached hydrogens (tertiary/aromatic N) is 4. The summed E-state index contributed by atoms with van der Waals surface area (Å²) in [6.07, 6.45) is -0.242. The molecule has 2 aromatic rings. The third-order valence-electron chi connectivity index (χ3n) is 1.82. The van der Waals surface area contributed by atoms with Crippen molar-refractivity contribution in [3.63, 3.8) is 0 Å². The molecule has 1 N–H and O–H groups in total. The highest BCUT2D eigenvalue weighted by atomic mass is 35.5. The molecule has 1 aromatic heterocycles. The van der Waals surface area contributed by atoms with E-state index >= 15 is 0 Å². The number of benzene rings is 1. The van der Waals surface area contributed by atoms with Crippen LogP contribution < -0.4 is 0 Å². The Kier molecular flexibility index (Phi) is 2.82. The van der Waals surface area contributed by atoms with Crippen LogP contribution in [0.1, 0.15) is 5.82 Å². The van der Waals surface area contributed by atoms with Crippen LogP contribution in [-0.4, -0.2) is 31.3 Å². The van der Waals surface area contributed by atoms with Crippen LogP contribution in [0, 0.1) is 0 Å². The van der Waals surface area contributed by atoms with Crippen LogP contribution in [-0.2, 0) is 11.2 Å². The van der Waals surface area contributed by atoms with E-state index in [2.05, 4.69) is 15.4 Å². The molecule has 6 nitrogen and oxygen atoms in total. The highest BCUT2D eigenvalue weighted by molar-refractivity contribution is 6.30. The Balaban J connectivity index is 2.24. The summed E-state index contributed by atoms with van der Waals surface area (Å²) in [5.74, 6) is -0.821. The second-order valence-corrected chi connectivity index (χ2v) is 3.48. The van der Waals surface area contributed by atoms with Crippen molar-refractivity contribution in [3.8, 4) is 5.69 Å². The normalized spacial score (nSPS) is 10.3. The maximum absolute atomic E-state index is 10.4. The van der Waals surface area contributed by atoms with E-state index in [1.165, 1.54) is 4.80 Å². The Bertz CT molecular complexity index is 508. The first-order valence-electron chi connectivity index (χ1n) is 4.42. The van der Waals surface area contributed by atoms with Gasteiger partial charge >= 0.3 is 5.97 Å². The molecular weight excluding hydrogens is 232 g/mol. The summed E-state index contributed by atoms with van der Waals surface area (Å²) in [5, 5.41) is 20.4. The fourth-order valence-electron chi connectivity index (χ4n) is 1.13. The van der Waals surface area contributed by atoms with E-state index in [0.29, 0.717) is 10.7 Å². The van der Waals surface area contributed by atoms with E-state index in [0.717, 1.165) is 0 Å². The molecule has 1 heterocycles. The summed E-state index contributed by atoms with van der Waals surface area (Å²) in [4.78, 5) is 11.7. The fraction of sp³-hybridized carbons (Fsp3) is 0.111. The van der Waals surface area contributed by atoms with Gasteiger partial charge in [0.05, 0.1) is 5.69 Å². The molecule has 1 aromatic carbocycles. The zero-order valence-corrected chi connectivity index (χ0v) is 8.79. The Labute approximate surface area is 95.5 Å². The molecule has 0 aliphatic rings. The number of rotatable bonds is 3. The Morgan fingerprint density at radius 3 is 2.69 bits per heavy atom. The Hall–Kier alpha value is -1.95. The maximum Gasteiger partial charge on any atom is 0.311 e. The van der Waals surface area contributed by atoms with Crippen molar-refractivity contribution in [2.24, 2.45) is 0 Å². The predicted molar refractivity (Wildman–Crippen MR) is 55.5 cm³/mol. The van der Waals surface area contributed by atoms with Gasteiger partial charge in [0, 0.05) is 5.02 Å². The van der Waals surface area contributed by atoms with Crippen LogP contribution in [0.2, 0.25) is 5.02 Å². The molecule has 82 valence electrons. The molecule has 0 saturated carbocycles. The highest BCUT2D eigenvalue weighted by Gasteiger charge is 2.08. The zero-order valence-electron chi connectivity index (χ0n) is 8.04. The summed E-state index contributed by atoms with van der Waals surface area (Å²) in [6.45, 7) is 0. The molecule has 0 fully saturated rings. The van der Waals surface area contributed by atoms with Gasteiger partial charge in [0.25, 0.3) is 0 Å².